The third-order valence-electron chi connectivity index (χ3n) is 6.83. The zero-order valence-corrected chi connectivity index (χ0v) is 19.2. The minimum atomic E-state index is -0.0166. The molecule has 8 nitrogen and oxygen atoms in total. The van der Waals surface area contributed by atoms with Gasteiger partial charge in [0, 0.05) is 56.7 Å². The van der Waals surface area contributed by atoms with Crippen molar-refractivity contribution in [1.29, 1.82) is 0 Å². The van der Waals surface area contributed by atoms with Crippen molar-refractivity contribution in [2.75, 3.05) is 18.0 Å². The number of nitrogens with zero attached hydrogens (tertiary/aromatic N) is 6. The summed E-state index contributed by atoms with van der Waals surface area (Å²) < 4.78 is 1.64. The van der Waals surface area contributed by atoms with Gasteiger partial charge in [-0.05, 0) is 45.4 Å². The Hall–Kier alpha value is -3.26. The largest absolute Gasteiger partial charge is 0.364 e. The maximum atomic E-state index is 12.5. The summed E-state index contributed by atoms with van der Waals surface area (Å²) in [5, 5.41) is 7.36. The number of anilines is 1. The van der Waals surface area contributed by atoms with Gasteiger partial charge in [-0.2, -0.15) is 5.10 Å². The van der Waals surface area contributed by atoms with Crippen LogP contribution in [-0.4, -0.2) is 54.8 Å². The topological polar surface area (TPSA) is 82.9 Å². The molecule has 1 saturated heterocycles. The van der Waals surface area contributed by atoms with Gasteiger partial charge in [0.2, 0.25) is 0 Å². The minimum Gasteiger partial charge on any atom is -0.364 e. The fourth-order valence-corrected chi connectivity index (χ4v) is 4.95. The Kier molecular flexibility index (Phi) is 4.97. The summed E-state index contributed by atoms with van der Waals surface area (Å²) in [6, 6.07) is 8.90. The lowest BCUT2D eigenvalue weighted by molar-refractivity contribution is 0.119. The van der Waals surface area contributed by atoms with E-state index in [1.165, 1.54) is 5.56 Å². The Balaban J connectivity index is 1.43. The number of rotatable bonds is 3. The van der Waals surface area contributed by atoms with Crippen molar-refractivity contribution >= 4 is 27.8 Å². The molecule has 0 saturated carbocycles. The lowest BCUT2D eigenvalue weighted by atomic mass is 9.99. The fraction of sp³-hybridized carbons (Fsp3) is 0.417. The van der Waals surface area contributed by atoms with E-state index in [2.05, 4.69) is 68.9 Å². The number of hydrogen-bond acceptors (Lipinski definition) is 6. The van der Waals surface area contributed by atoms with Crippen LogP contribution in [-0.2, 0) is 7.05 Å². The highest BCUT2D eigenvalue weighted by atomic mass is 16.1. The summed E-state index contributed by atoms with van der Waals surface area (Å²) in [5.74, 6) is 0. The predicted molar refractivity (Wildman–Crippen MR) is 127 cm³/mol. The average molecular weight is 432 g/mol. The average Bonchev–Trinajstić information content (AvgIpc) is 3.27. The number of pyridine rings is 1. The molecule has 4 heterocycles. The van der Waals surface area contributed by atoms with Crippen LogP contribution in [0.15, 0.2) is 41.5 Å². The third-order valence-corrected chi connectivity index (χ3v) is 6.83. The van der Waals surface area contributed by atoms with Gasteiger partial charge < -0.3 is 9.47 Å². The SMILES string of the molecule is Cc1cnc2cc(C(C)N3C[C@H](C)N(c4cc(=O)n(C)c5c[nH]nc45)C[C@H]3C)ccc2n1. The van der Waals surface area contributed by atoms with E-state index in [1.807, 2.05) is 13.1 Å². The van der Waals surface area contributed by atoms with Crippen molar-refractivity contribution in [2.45, 2.75) is 45.8 Å². The van der Waals surface area contributed by atoms with Gasteiger partial charge in [-0.15, -0.1) is 0 Å². The van der Waals surface area contributed by atoms with Crippen LogP contribution < -0.4 is 10.5 Å². The fourth-order valence-electron chi connectivity index (χ4n) is 4.95. The van der Waals surface area contributed by atoms with E-state index in [9.17, 15) is 4.79 Å². The highest BCUT2D eigenvalue weighted by Crippen LogP contribution is 2.32. The van der Waals surface area contributed by atoms with E-state index in [-0.39, 0.29) is 17.6 Å². The second-order valence-corrected chi connectivity index (χ2v) is 9.03. The number of benzene rings is 1. The van der Waals surface area contributed by atoms with Crippen molar-refractivity contribution in [3.63, 3.8) is 0 Å². The van der Waals surface area contributed by atoms with Gasteiger partial charge in [0.25, 0.3) is 5.56 Å². The monoisotopic (exact) mass is 431 g/mol. The summed E-state index contributed by atoms with van der Waals surface area (Å²) in [7, 11) is 1.78. The van der Waals surface area contributed by atoms with Crippen LogP contribution in [0, 0.1) is 6.92 Å². The van der Waals surface area contributed by atoms with Crippen molar-refractivity contribution in [1.82, 2.24) is 29.6 Å². The molecule has 32 heavy (non-hydrogen) atoms. The number of fused-ring (bicyclic) bond motifs is 2. The summed E-state index contributed by atoms with van der Waals surface area (Å²) in [5.41, 5.74) is 6.60. The van der Waals surface area contributed by atoms with Crippen molar-refractivity contribution in [3.8, 4) is 0 Å². The number of aromatic amines is 1. The van der Waals surface area contributed by atoms with Crippen LogP contribution in [0.1, 0.15) is 38.1 Å². The molecule has 1 unspecified atom stereocenters. The Morgan fingerprint density at radius 1 is 1.12 bits per heavy atom. The molecule has 1 aromatic carbocycles. The molecule has 0 spiro atoms. The molecule has 1 N–H and O–H groups in total. The molecule has 5 rings (SSSR count). The highest BCUT2D eigenvalue weighted by molar-refractivity contribution is 5.88. The molecule has 0 amide bonds. The Labute approximate surface area is 186 Å². The zero-order chi connectivity index (χ0) is 22.6. The maximum Gasteiger partial charge on any atom is 0.252 e. The molecule has 0 bridgehead atoms. The first kappa shape index (κ1) is 20.6. The number of hydrogen-bond donors (Lipinski definition) is 1. The van der Waals surface area contributed by atoms with E-state index in [1.54, 1.807) is 23.9 Å². The van der Waals surface area contributed by atoms with Gasteiger partial charge >= 0.3 is 0 Å². The smallest absolute Gasteiger partial charge is 0.252 e. The van der Waals surface area contributed by atoms with Crippen LogP contribution in [0.2, 0.25) is 0 Å². The van der Waals surface area contributed by atoms with E-state index >= 15 is 0 Å². The summed E-state index contributed by atoms with van der Waals surface area (Å²) >= 11 is 0. The zero-order valence-electron chi connectivity index (χ0n) is 19.2. The summed E-state index contributed by atoms with van der Waals surface area (Å²) in [6.45, 7) is 10.4. The maximum absolute atomic E-state index is 12.5. The van der Waals surface area contributed by atoms with E-state index in [0.717, 1.165) is 46.5 Å². The molecule has 1 aliphatic rings. The number of H-pyrrole nitrogens is 1. The minimum absolute atomic E-state index is 0.0166. The second-order valence-electron chi connectivity index (χ2n) is 9.03. The first-order chi connectivity index (χ1) is 15.3. The van der Waals surface area contributed by atoms with Crippen LogP contribution in [0.3, 0.4) is 0 Å². The Morgan fingerprint density at radius 2 is 1.94 bits per heavy atom. The van der Waals surface area contributed by atoms with Gasteiger partial charge in [0.1, 0.15) is 5.52 Å². The van der Waals surface area contributed by atoms with Crippen LogP contribution in [0.4, 0.5) is 5.69 Å². The van der Waals surface area contributed by atoms with Crippen molar-refractivity contribution in [3.05, 3.63) is 58.3 Å². The van der Waals surface area contributed by atoms with Gasteiger partial charge in [0.15, 0.2) is 0 Å². The van der Waals surface area contributed by atoms with Gasteiger partial charge in [0.05, 0.1) is 27.9 Å². The second kappa shape index (κ2) is 7.70. The molecular weight excluding hydrogens is 402 g/mol. The number of piperazine rings is 1. The van der Waals surface area contributed by atoms with Gasteiger partial charge in [-0.3, -0.25) is 19.8 Å². The highest BCUT2D eigenvalue weighted by Gasteiger charge is 2.33. The number of nitrogens with one attached hydrogen (secondary N) is 1. The van der Waals surface area contributed by atoms with E-state index in [4.69, 9.17) is 0 Å². The molecule has 1 fully saturated rings. The first-order valence-electron chi connectivity index (χ1n) is 11.1. The molecule has 3 aromatic heterocycles. The molecule has 3 atom stereocenters. The summed E-state index contributed by atoms with van der Waals surface area (Å²) in [4.78, 5) is 26.5. The van der Waals surface area contributed by atoms with Gasteiger partial charge in [-0.1, -0.05) is 6.07 Å². The summed E-state index contributed by atoms with van der Waals surface area (Å²) in [6.07, 6.45) is 3.61. The Morgan fingerprint density at radius 3 is 2.75 bits per heavy atom. The molecule has 0 aliphatic carbocycles. The van der Waals surface area contributed by atoms with Gasteiger partial charge in [-0.25, -0.2) is 4.98 Å². The standard InChI is InChI=1S/C24H29N7O/c1-14-10-25-20-8-18(6-7-19(20)27-14)17(4)30-12-16(3)31(13-15(30)2)21-9-23(32)29(5)22-11-26-28-24(21)22/h6-11,15-17H,12-13H2,1-5H3,(H,26,28)/t15-,16+,17?/m1/s1. The van der Waals surface area contributed by atoms with Crippen LogP contribution in [0.25, 0.3) is 22.1 Å². The van der Waals surface area contributed by atoms with Crippen molar-refractivity contribution < 1.29 is 0 Å². The normalized spacial score (nSPS) is 20.8. The van der Waals surface area contributed by atoms with Crippen LogP contribution >= 0.6 is 0 Å². The molecule has 0 radical (unpaired) electrons. The first-order valence-corrected chi connectivity index (χ1v) is 11.1. The predicted octanol–water partition coefficient (Wildman–Crippen LogP) is 3.17. The van der Waals surface area contributed by atoms with Crippen LogP contribution in [0.5, 0.6) is 0 Å². The van der Waals surface area contributed by atoms with Crippen molar-refractivity contribution in [2.24, 2.45) is 7.05 Å². The lowest BCUT2D eigenvalue weighted by Gasteiger charge is -2.47. The lowest BCUT2D eigenvalue weighted by Crippen LogP contribution is -2.57. The molecule has 1 aliphatic heterocycles. The molecule has 166 valence electrons. The quantitative estimate of drug-likeness (QED) is 0.537. The number of aromatic nitrogens is 5. The molecular formula is C24H29N7O. The molecule has 4 aromatic rings. The van der Waals surface area contributed by atoms with E-state index in [0.29, 0.717) is 6.04 Å². The molecule has 8 heteroatoms. The number of aryl methyl sites for hydroxylation is 2. The Bertz CT molecular complexity index is 1360. The third kappa shape index (κ3) is 3.35. The van der Waals surface area contributed by atoms with E-state index < -0.39 is 0 Å².